The van der Waals surface area contributed by atoms with Crippen LogP contribution >= 0.6 is 0 Å². The largest absolute Gasteiger partial charge is 0.455 e. The first kappa shape index (κ1) is 20.2. The van der Waals surface area contributed by atoms with Gasteiger partial charge in [0.25, 0.3) is 5.91 Å². The monoisotopic (exact) mass is 409 g/mol. The molecule has 0 saturated heterocycles. The summed E-state index contributed by atoms with van der Waals surface area (Å²) in [7, 11) is 0. The SMILES string of the molecule is O=C(COC(=O)Cc1cccc2ccccc12)Nc1c(F)c(F)c(F)c(F)c1F. The van der Waals surface area contributed by atoms with Gasteiger partial charge in [0.2, 0.25) is 5.82 Å². The average molecular weight is 409 g/mol. The second kappa shape index (κ2) is 8.26. The molecule has 0 heterocycles. The van der Waals surface area contributed by atoms with E-state index in [9.17, 15) is 31.5 Å². The minimum absolute atomic E-state index is 0.183. The predicted molar refractivity (Wildman–Crippen MR) is 93.5 cm³/mol. The van der Waals surface area contributed by atoms with Crippen molar-refractivity contribution < 1.29 is 36.3 Å². The Bertz CT molecular complexity index is 1080. The standard InChI is InChI=1S/C20H12F5NO3/c21-15-16(22)18(24)20(19(25)17(15)23)26-13(27)9-29-14(28)8-11-6-3-5-10-4-1-2-7-12(10)11/h1-7H,8-9H2,(H,26,27). The van der Waals surface area contributed by atoms with Crippen LogP contribution in [-0.2, 0) is 20.7 Å². The number of carbonyl (C=O) groups is 2. The van der Waals surface area contributed by atoms with Crippen molar-refractivity contribution in [1.82, 2.24) is 0 Å². The van der Waals surface area contributed by atoms with Crippen LogP contribution in [0.25, 0.3) is 10.8 Å². The lowest BCUT2D eigenvalue weighted by Gasteiger charge is -2.10. The highest BCUT2D eigenvalue weighted by Crippen LogP contribution is 2.27. The Balaban J connectivity index is 1.65. The Labute approximate surface area is 160 Å². The molecule has 9 heteroatoms. The maximum absolute atomic E-state index is 13.6. The van der Waals surface area contributed by atoms with E-state index in [-0.39, 0.29) is 6.42 Å². The van der Waals surface area contributed by atoms with E-state index in [2.05, 4.69) is 0 Å². The zero-order valence-electron chi connectivity index (χ0n) is 14.6. The number of halogens is 5. The van der Waals surface area contributed by atoms with Crippen molar-refractivity contribution in [1.29, 1.82) is 0 Å². The van der Waals surface area contributed by atoms with Crippen LogP contribution in [0.1, 0.15) is 5.56 Å². The van der Waals surface area contributed by atoms with Crippen LogP contribution in [0.3, 0.4) is 0 Å². The molecule has 3 aromatic rings. The van der Waals surface area contributed by atoms with E-state index in [1.165, 1.54) is 5.32 Å². The summed E-state index contributed by atoms with van der Waals surface area (Å²) in [5, 5.41) is 3.22. The molecule has 3 rings (SSSR count). The van der Waals surface area contributed by atoms with E-state index >= 15 is 0 Å². The van der Waals surface area contributed by atoms with Gasteiger partial charge in [-0.1, -0.05) is 42.5 Å². The van der Waals surface area contributed by atoms with Crippen LogP contribution in [0.4, 0.5) is 27.6 Å². The van der Waals surface area contributed by atoms with Gasteiger partial charge in [-0.25, -0.2) is 22.0 Å². The van der Waals surface area contributed by atoms with Crippen LogP contribution in [0.15, 0.2) is 42.5 Å². The third kappa shape index (κ3) is 4.18. The second-order valence-corrected chi connectivity index (χ2v) is 5.97. The summed E-state index contributed by atoms with van der Waals surface area (Å²) in [5.74, 6) is -13.2. The molecule has 0 saturated carbocycles. The zero-order valence-corrected chi connectivity index (χ0v) is 14.6. The minimum Gasteiger partial charge on any atom is -0.455 e. The summed E-state index contributed by atoms with van der Waals surface area (Å²) >= 11 is 0. The molecule has 0 aliphatic rings. The number of benzene rings is 3. The van der Waals surface area contributed by atoms with Crippen LogP contribution < -0.4 is 5.32 Å². The molecule has 3 aromatic carbocycles. The van der Waals surface area contributed by atoms with Crippen molar-refractivity contribution in [3.63, 3.8) is 0 Å². The van der Waals surface area contributed by atoms with E-state index in [0.29, 0.717) is 5.56 Å². The molecule has 0 bridgehead atoms. The van der Waals surface area contributed by atoms with Crippen molar-refractivity contribution in [3.8, 4) is 0 Å². The van der Waals surface area contributed by atoms with Gasteiger partial charge in [0.15, 0.2) is 29.9 Å². The molecule has 0 radical (unpaired) electrons. The predicted octanol–water partition coefficient (Wildman–Crippen LogP) is 4.26. The van der Waals surface area contributed by atoms with Crippen molar-refractivity contribution in [3.05, 3.63) is 77.1 Å². The third-order valence-corrected chi connectivity index (χ3v) is 4.05. The number of amides is 1. The number of fused-ring (bicyclic) bond motifs is 1. The lowest BCUT2D eigenvalue weighted by atomic mass is 10.0. The number of nitrogens with one attached hydrogen (secondary N) is 1. The summed E-state index contributed by atoms with van der Waals surface area (Å²) < 4.78 is 71.1. The van der Waals surface area contributed by atoms with E-state index in [1.54, 1.807) is 24.3 Å². The fourth-order valence-electron chi connectivity index (χ4n) is 2.69. The second-order valence-electron chi connectivity index (χ2n) is 5.97. The zero-order chi connectivity index (χ0) is 21.1. The first-order valence-corrected chi connectivity index (χ1v) is 8.23. The molecule has 0 aromatic heterocycles. The van der Waals surface area contributed by atoms with Crippen molar-refractivity contribution in [2.24, 2.45) is 0 Å². The summed E-state index contributed by atoms with van der Waals surface area (Å²) in [6, 6.07) is 12.5. The van der Waals surface area contributed by atoms with Crippen molar-refractivity contribution in [2.75, 3.05) is 11.9 Å². The lowest BCUT2D eigenvalue weighted by Crippen LogP contribution is -2.23. The van der Waals surface area contributed by atoms with Gasteiger partial charge in [-0.05, 0) is 16.3 Å². The smallest absolute Gasteiger partial charge is 0.310 e. The molecule has 150 valence electrons. The Morgan fingerprint density at radius 2 is 1.38 bits per heavy atom. The number of hydrogen-bond acceptors (Lipinski definition) is 3. The number of rotatable bonds is 5. The van der Waals surface area contributed by atoms with Gasteiger partial charge < -0.3 is 10.1 Å². The normalized spacial score (nSPS) is 10.8. The Morgan fingerprint density at radius 3 is 2.07 bits per heavy atom. The number of anilines is 1. The molecule has 0 atom stereocenters. The van der Waals surface area contributed by atoms with Crippen LogP contribution in [0, 0.1) is 29.1 Å². The molecular formula is C20H12F5NO3. The molecular weight excluding hydrogens is 397 g/mol. The molecule has 1 amide bonds. The summed E-state index contributed by atoms with van der Waals surface area (Å²) in [5.41, 5.74) is -0.884. The molecule has 0 aliphatic heterocycles. The fraction of sp³-hybridized carbons (Fsp3) is 0.100. The quantitative estimate of drug-likeness (QED) is 0.297. The molecule has 1 N–H and O–H groups in total. The fourth-order valence-corrected chi connectivity index (χ4v) is 2.69. The van der Waals surface area contributed by atoms with E-state index in [0.717, 1.165) is 10.8 Å². The summed E-state index contributed by atoms with van der Waals surface area (Å²) in [4.78, 5) is 23.7. The van der Waals surface area contributed by atoms with Crippen LogP contribution in [0.5, 0.6) is 0 Å². The molecule has 29 heavy (non-hydrogen) atoms. The van der Waals surface area contributed by atoms with Crippen molar-refractivity contribution >= 4 is 28.3 Å². The minimum atomic E-state index is -2.35. The lowest BCUT2D eigenvalue weighted by molar-refractivity contribution is -0.146. The maximum Gasteiger partial charge on any atom is 0.310 e. The third-order valence-electron chi connectivity index (χ3n) is 4.05. The van der Waals surface area contributed by atoms with E-state index in [4.69, 9.17) is 4.74 Å². The highest BCUT2D eigenvalue weighted by atomic mass is 19.2. The Kier molecular flexibility index (Phi) is 5.76. The number of esters is 1. The molecule has 0 unspecified atom stereocenters. The van der Waals surface area contributed by atoms with Gasteiger partial charge in [-0.15, -0.1) is 0 Å². The Morgan fingerprint density at radius 1 is 0.793 bits per heavy atom. The van der Waals surface area contributed by atoms with Gasteiger partial charge in [-0.2, -0.15) is 0 Å². The number of ether oxygens (including phenoxy) is 1. The first-order valence-electron chi connectivity index (χ1n) is 8.23. The highest BCUT2D eigenvalue weighted by molar-refractivity contribution is 5.94. The summed E-state index contributed by atoms with van der Waals surface area (Å²) in [6.07, 6.45) is -0.183. The molecule has 0 fully saturated rings. The maximum atomic E-state index is 13.6. The van der Waals surface area contributed by atoms with E-state index in [1.807, 2.05) is 18.2 Å². The van der Waals surface area contributed by atoms with Gasteiger partial charge in [0.1, 0.15) is 5.69 Å². The summed E-state index contributed by atoms with van der Waals surface area (Å²) in [6.45, 7) is -0.969. The topological polar surface area (TPSA) is 55.4 Å². The van der Waals surface area contributed by atoms with Crippen molar-refractivity contribution in [2.45, 2.75) is 6.42 Å². The van der Waals surface area contributed by atoms with E-state index < -0.39 is 53.3 Å². The van der Waals surface area contributed by atoms with Gasteiger partial charge in [0.05, 0.1) is 6.42 Å². The average Bonchev–Trinajstić information content (AvgIpc) is 2.73. The Hall–Kier alpha value is -3.49. The van der Waals surface area contributed by atoms with Gasteiger partial charge in [0, 0.05) is 0 Å². The molecule has 0 aliphatic carbocycles. The molecule has 0 spiro atoms. The van der Waals surface area contributed by atoms with Crippen LogP contribution in [-0.4, -0.2) is 18.5 Å². The van der Waals surface area contributed by atoms with Crippen LogP contribution in [0.2, 0.25) is 0 Å². The first-order chi connectivity index (χ1) is 13.8. The number of carbonyl (C=O) groups excluding carboxylic acids is 2. The molecule has 4 nitrogen and oxygen atoms in total. The van der Waals surface area contributed by atoms with Gasteiger partial charge >= 0.3 is 5.97 Å². The van der Waals surface area contributed by atoms with Gasteiger partial charge in [-0.3, -0.25) is 9.59 Å². The number of hydrogen-bond donors (Lipinski definition) is 1. The highest BCUT2D eigenvalue weighted by Gasteiger charge is 2.27.